The third-order valence-electron chi connectivity index (χ3n) is 4.56. The van der Waals surface area contributed by atoms with Gasteiger partial charge in [0.05, 0.1) is 22.5 Å². The van der Waals surface area contributed by atoms with Crippen LogP contribution >= 0.6 is 0 Å². The second-order valence-electron chi connectivity index (χ2n) is 6.28. The van der Waals surface area contributed by atoms with E-state index in [-0.39, 0.29) is 11.1 Å². The van der Waals surface area contributed by atoms with E-state index in [2.05, 4.69) is 10.9 Å². The zero-order valence-corrected chi connectivity index (χ0v) is 13.9. The van der Waals surface area contributed by atoms with E-state index in [0.717, 1.165) is 24.7 Å². The van der Waals surface area contributed by atoms with Crippen LogP contribution in [0.3, 0.4) is 0 Å². The first-order chi connectivity index (χ1) is 12.5. The van der Waals surface area contributed by atoms with Crippen LogP contribution in [0.4, 0.5) is 11.4 Å². The van der Waals surface area contributed by atoms with Gasteiger partial charge in [-0.1, -0.05) is 0 Å². The van der Waals surface area contributed by atoms with Crippen LogP contribution in [-0.2, 0) is 12.8 Å². The maximum Gasteiger partial charge on any atom is 0.335 e. The van der Waals surface area contributed by atoms with Crippen molar-refractivity contribution in [3.05, 3.63) is 58.7 Å². The molecule has 4 rings (SSSR count). The van der Waals surface area contributed by atoms with Gasteiger partial charge in [-0.15, -0.1) is 0 Å². The van der Waals surface area contributed by atoms with Crippen LogP contribution in [0.5, 0.6) is 0 Å². The number of hydrogen-bond donors (Lipinski definition) is 4. The molecule has 0 unspecified atom stereocenters. The van der Waals surface area contributed by atoms with Crippen molar-refractivity contribution < 1.29 is 19.8 Å². The summed E-state index contributed by atoms with van der Waals surface area (Å²) in [6.07, 6.45) is 0.890. The first-order valence-corrected chi connectivity index (χ1v) is 8.27. The number of nitrogens with one attached hydrogen (secondary N) is 2. The number of hydrogen-bond acceptors (Lipinski definition) is 6. The smallest absolute Gasteiger partial charge is 0.335 e. The predicted octanol–water partition coefficient (Wildman–Crippen LogP) is 1.43. The summed E-state index contributed by atoms with van der Waals surface area (Å²) in [5.74, 6) is -1.96. The van der Waals surface area contributed by atoms with E-state index in [1.54, 1.807) is 24.3 Å². The Hall–Kier alpha value is -3.10. The van der Waals surface area contributed by atoms with Gasteiger partial charge in [0.15, 0.2) is 0 Å². The molecule has 2 aliphatic rings. The van der Waals surface area contributed by atoms with Crippen molar-refractivity contribution >= 4 is 23.3 Å². The number of hydrazine groups is 2. The van der Waals surface area contributed by atoms with Gasteiger partial charge < -0.3 is 10.2 Å². The van der Waals surface area contributed by atoms with Crippen molar-refractivity contribution in [3.8, 4) is 0 Å². The number of anilines is 2. The van der Waals surface area contributed by atoms with Gasteiger partial charge in [0.1, 0.15) is 13.3 Å². The fraction of sp³-hybridized carbons (Fsp3) is 0.222. The zero-order chi connectivity index (χ0) is 18.3. The van der Waals surface area contributed by atoms with E-state index < -0.39 is 11.9 Å². The molecule has 134 valence electrons. The van der Waals surface area contributed by atoms with Crippen LogP contribution in [0, 0.1) is 0 Å². The highest BCUT2D eigenvalue weighted by molar-refractivity contribution is 5.91. The zero-order valence-electron chi connectivity index (χ0n) is 13.9. The third kappa shape index (κ3) is 3.32. The highest BCUT2D eigenvalue weighted by Crippen LogP contribution is 2.26. The second-order valence-corrected chi connectivity index (χ2v) is 6.28. The van der Waals surface area contributed by atoms with Crippen molar-refractivity contribution in [2.24, 2.45) is 0 Å². The summed E-state index contributed by atoms with van der Waals surface area (Å²) in [6.45, 7) is 1.47. The molecular formula is C18H18N4O4. The third-order valence-corrected chi connectivity index (χ3v) is 4.56. The molecule has 0 radical (unpaired) electrons. The van der Waals surface area contributed by atoms with Crippen LogP contribution in [0.25, 0.3) is 0 Å². The lowest BCUT2D eigenvalue weighted by Crippen LogP contribution is -2.09. The second kappa shape index (κ2) is 6.32. The minimum atomic E-state index is -0.981. The number of rotatable bonds is 7. The Balaban J connectivity index is 1.62. The SMILES string of the molecule is O=C(O)c1ccc(N2CN2)cc1CCc1cc(N2CN2)ccc1C(=O)O. The number of aryl methyl sites for hydroxylation is 2. The van der Waals surface area contributed by atoms with Gasteiger partial charge in [0.2, 0.25) is 0 Å². The van der Waals surface area contributed by atoms with Crippen LogP contribution < -0.4 is 20.9 Å². The lowest BCUT2D eigenvalue weighted by Gasteiger charge is -2.12. The molecule has 2 aromatic rings. The van der Waals surface area contributed by atoms with Gasteiger partial charge in [-0.05, 0) is 60.4 Å². The largest absolute Gasteiger partial charge is 0.478 e. The first-order valence-electron chi connectivity index (χ1n) is 8.27. The van der Waals surface area contributed by atoms with E-state index in [1.165, 1.54) is 0 Å². The van der Waals surface area contributed by atoms with Gasteiger partial charge in [-0.2, -0.15) is 0 Å². The Bertz CT molecular complexity index is 817. The summed E-state index contributed by atoms with van der Waals surface area (Å²) in [6, 6.07) is 10.4. The number of carboxylic acids is 2. The Kier molecular flexibility index (Phi) is 3.98. The fourth-order valence-electron chi connectivity index (χ4n) is 3.03. The van der Waals surface area contributed by atoms with Gasteiger partial charge in [-0.25, -0.2) is 20.4 Å². The van der Waals surface area contributed by atoms with Crippen LogP contribution in [0.2, 0.25) is 0 Å². The molecule has 0 spiro atoms. The maximum absolute atomic E-state index is 11.5. The van der Waals surface area contributed by atoms with E-state index >= 15 is 0 Å². The molecule has 0 atom stereocenters. The summed E-state index contributed by atoms with van der Waals surface area (Å²) < 4.78 is 0. The average molecular weight is 354 g/mol. The summed E-state index contributed by atoms with van der Waals surface area (Å²) in [7, 11) is 0. The molecule has 2 aliphatic heterocycles. The maximum atomic E-state index is 11.5. The number of carbonyl (C=O) groups is 2. The minimum absolute atomic E-state index is 0.247. The van der Waals surface area contributed by atoms with Crippen molar-refractivity contribution in [1.29, 1.82) is 0 Å². The first kappa shape index (κ1) is 16.4. The molecule has 4 N–H and O–H groups in total. The van der Waals surface area contributed by atoms with Gasteiger partial charge >= 0.3 is 11.9 Å². The van der Waals surface area contributed by atoms with E-state index in [1.807, 2.05) is 22.2 Å². The summed E-state index contributed by atoms with van der Waals surface area (Å²) in [5.41, 5.74) is 9.78. The van der Waals surface area contributed by atoms with E-state index in [9.17, 15) is 19.8 Å². The molecule has 8 nitrogen and oxygen atoms in total. The Labute approximate surface area is 149 Å². The molecule has 0 bridgehead atoms. The molecule has 2 heterocycles. The Morgan fingerprint density at radius 2 is 1.19 bits per heavy atom. The van der Waals surface area contributed by atoms with Gasteiger partial charge in [0, 0.05) is 0 Å². The number of benzene rings is 2. The fourth-order valence-corrected chi connectivity index (χ4v) is 3.03. The Morgan fingerprint density at radius 1 is 0.808 bits per heavy atom. The molecule has 0 aromatic heterocycles. The summed E-state index contributed by atoms with van der Waals surface area (Å²) >= 11 is 0. The van der Waals surface area contributed by atoms with Crippen molar-refractivity contribution in [2.75, 3.05) is 23.4 Å². The predicted molar refractivity (Wildman–Crippen MR) is 95.2 cm³/mol. The van der Waals surface area contributed by atoms with Gasteiger partial charge in [-0.3, -0.25) is 10.0 Å². The number of aromatic carboxylic acids is 2. The monoisotopic (exact) mass is 354 g/mol. The normalized spacial score (nSPS) is 15.1. The molecule has 0 saturated carbocycles. The van der Waals surface area contributed by atoms with Crippen molar-refractivity contribution in [3.63, 3.8) is 0 Å². The average Bonchev–Trinajstić information content (AvgIpc) is 3.50. The van der Waals surface area contributed by atoms with Crippen molar-refractivity contribution in [1.82, 2.24) is 10.9 Å². The highest BCUT2D eigenvalue weighted by Gasteiger charge is 2.22. The topological polar surface area (TPSA) is 125 Å². The molecule has 8 heteroatoms. The Morgan fingerprint density at radius 3 is 1.50 bits per heavy atom. The standard InChI is InChI=1S/C18H18N4O4/c23-17(24)15-5-3-13(21-9-19-21)7-11(15)1-2-12-8-14(22-10-20-22)4-6-16(12)18(25)26/h3-8,19-20H,1-2,9-10H2,(H,23,24)(H,25,26). The molecular weight excluding hydrogens is 336 g/mol. The quantitative estimate of drug-likeness (QED) is 0.551. The lowest BCUT2D eigenvalue weighted by atomic mass is 9.96. The summed E-state index contributed by atoms with van der Waals surface area (Å²) in [5, 5.41) is 22.7. The molecule has 26 heavy (non-hydrogen) atoms. The van der Waals surface area contributed by atoms with Crippen molar-refractivity contribution in [2.45, 2.75) is 12.8 Å². The molecule has 2 saturated heterocycles. The number of carboxylic acid groups (broad SMARTS) is 2. The highest BCUT2D eigenvalue weighted by atomic mass is 16.4. The molecule has 2 aromatic carbocycles. The number of nitrogens with zero attached hydrogens (tertiary/aromatic N) is 2. The molecule has 0 amide bonds. The van der Waals surface area contributed by atoms with E-state index in [4.69, 9.17) is 0 Å². The van der Waals surface area contributed by atoms with Crippen LogP contribution in [-0.4, -0.2) is 35.5 Å². The molecule has 2 fully saturated rings. The van der Waals surface area contributed by atoms with Crippen LogP contribution in [0.1, 0.15) is 31.8 Å². The van der Waals surface area contributed by atoms with E-state index in [0.29, 0.717) is 24.0 Å². The minimum Gasteiger partial charge on any atom is -0.478 e. The summed E-state index contributed by atoms with van der Waals surface area (Å²) in [4.78, 5) is 23.0. The lowest BCUT2D eigenvalue weighted by molar-refractivity contribution is 0.0684. The van der Waals surface area contributed by atoms with Gasteiger partial charge in [0.25, 0.3) is 0 Å². The molecule has 0 aliphatic carbocycles. The van der Waals surface area contributed by atoms with Crippen LogP contribution in [0.15, 0.2) is 36.4 Å².